The number of rotatable bonds is 8. The molecule has 0 atom stereocenters. The Kier molecular flexibility index (Phi) is 5.98. The van der Waals surface area contributed by atoms with Crippen LogP contribution < -0.4 is 10.0 Å². The lowest BCUT2D eigenvalue weighted by Crippen LogP contribution is -2.36. The van der Waals surface area contributed by atoms with Crippen LogP contribution in [-0.4, -0.2) is 36.4 Å². The number of aromatic nitrogens is 2. The minimum atomic E-state index is -3.81. The first-order valence-electron chi connectivity index (χ1n) is 9.53. The summed E-state index contributed by atoms with van der Waals surface area (Å²) in [5, 5.41) is 4.78. The molecule has 7 nitrogen and oxygen atoms in total. The molecule has 3 heterocycles. The Bertz CT molecular complexity index is 1130. The van der Waals surface area contributed by atoms with Gasteiger partial charge in [0.05, 0.1) is 16.9 Å². The van der Waals surface area contributed by atoms with Crippen molar-refractivity contribution in [3.8, 4) is 0 Å². The maximum atomic E-state index is 14.4. The molecule has 1 aliphatic heterocycles. The van der Waals surface area contributed by atoms with Gasteiger partial charge < -0.3 is 5.32 Å². The summed E-state index contributed by atoms with van der Waals surface area (Å²) in [4.78, 5) is 10.4. The number of pyridine rings is 1. The maximum absolute atomic E-state index is 14.4. The smallest absolute Gasteiger partial charge is 0.280 e. The minimum absolute atomic E-state index is 0.0808. The predicted molar refractivity (Wildman–Crippen MR) is 116 cm³/mol. The molecule has 158 valence electrons. The van der Waals surface area contributed by atoms with Crippen LogP contribution in [-0.2, 0) is 23.1 Å². The lowest BCUT2D eigenvalue weighted by molar-refractivity contribution is 0.170. The number of thiazole rings is 1. The van der Waals surface area contributed by atoms with Crippen LogP contribution in [0.25, 0.3) is 0 Å². The summed E-state index contributed by atoms with van der Waals surface area (Å²) in [5.41, 5.74) is 4.36. The largest absolute Gasteiger partial charge is 0.379 e. The van der Waals surface area contributed by atoms with Crippen LogP contribution in [0.1, 0.15) is 23.2 Å². The van der Waals surface area contributed by atoms with Crippen molar-refractivity contribution in [3.63, 3.8) is 0 Å². The van der Waals surface area contributed by atoms with E-state index in [1.165, 1.54) is 23.5 Å². The Morgan fingerprint density at radius 2 is 2.07 bits per heavy atom. The quantitative estimate of drug-likeness (QED) is 0.549. The van der Waals surface area contributed by atoms with Gasteiger partial charge in [-0.3, -0.25) is 9.62 Å². The summed E-state index contributed by atoms with van der Waals surface area (Å²) < 4.78 is 41.7. The molecule has 0 amide bonds. The molecule has 0 radical (unpaired) electrons. The molecule has 0 aliphatic carbocycles. The molecule has 2 N–H and O–H groups in total. The Balaban J connectivity index is 1.48. The van der Waals surface area contributed by atoms with E-state index in [1.54, 1.807) is 29.9 Å². The molecule has 0 unspecified atom stereocenters. The Morgan fingerprint density at radius 3 is 2.73 bits per heavy atom. The Hall–Kier alpha value is -2.56. The standard InChI is InChI=1S/C20H22FN5O2S2/c1-14-18(6-7-20(24-14)30(27,28)25-19-12-29-13-23-19)22-10-15-4-2-5-17(21)16(15)11-26-8-3-9-26/h2,4-7,12-13,22,25H,3,8-11H2,1H3. The number of anilines is 2. The van der Waals surface area contributed by atoms with Crippen LogP contribution >= 0.6 is 11.3 Å². The summed E-state index contributed by atoms with van der Waals surface area (Å²) in [7, 11) is -3.81. The highest BCUT2D eigenvalue weighted by Gasteiger charge is 2.20. The Morgan fingerprint density at radius 1 is 1.23 bits per heavy atom. The highest BCUT2D eigenvalue weighted by molar-refractivity contribution is 7.92. The molecule has 0 saturated carbocycles. The van der Waals surface area contributed by atoms with E-state index in [-0.39, 0.29) is 16.7 Å². The summed E-state index contributed by atoms with van der Waals surface area (Å²) in [5.74, 6) is 0.0630. The molecule has 1 aliphatic rings. The van der Waals surface area contributed by atoms with Crippen molar-refractivity contribution in [1.29, 1.82) is 0 Å². The fraction of sp³-hybridized carbons (Fsp3) is 0.300. The number of nitrogens with one attached hydrogen (secondary N) is 2. The maximum Gasteiger partial charge on any atom is 0.280 e. The summed E-state index contributed by atoms with van der Waals surface area (Å²) in [6.07, 6.45) is 1.15. The van der Waals surface area contributed by atoms with Crippen molar-refractivity contribution >= 4 is 32.9 Å². The minimum Gasteiger partial charge on any atom is -0.379 e. The van der Waals surface area contributed by atoms with Crippen LogP contribution in [0.4, 0.5) is 15.9 Å². The van der Waals surface area contributed by atoms with E-state index >= 15 is 0 Å². The summed E-state index contributed by atoms with van der Waals surface area (Å²) in [6, 6.07) is 8.21. The molecular formula is C20H22FN5O2S2. The first-order valence-corrected chi connectivity index (χ1v) is 12.0. The number of hydrogen-bond acceptors (Lipinski definition) is 7. The zero-order valence-corrected chi connectivity index (χ0v) is 18.1. The van der Waals surface area contributed by atoms with Gasteiger partial charge in [-0.1, -0.05) is 12.1 Å². The van der Waals surface area contributed by atoms with Crippen LogP contribution in [0.3, 0.4) is 0 Å². The number of likely N-dealkylation sites (tertiary alicyclic amines) is 1. The van der Waals surface area contributed by atoms with E-state index in [9.17, 15) is 12.8 Å². The van der Waals surface area contributed by atoms with E-state index in [4.69, 9.17) is 0 Å². The molecule has 1 saturated heterocycles. The van der Waals surface area contributed by atoms with Gasteiger partial charge in [0.15, 0.2) is 10.8 Å². The zero-order valence-electron chi connectivity index (χ0n) is 16.4. The number of hydrogen-bond donors (Lipinski definition) is 2. The summed E-state index contributed by atoms with van der Waals surface area (Å²) in [6.45, 7) is 4.74. The number of sulfonamides is 1. The second-order valence-corrected chi connectivity index (χ2v) is 9.47. The van der Waals surface area contributed by atoms with Gasteiger partial charge in [0, 0.05) is 24.0 Å². The molecular weight excluding hydrogens is 425 g/mol. The highest BCUT2D eigenvalue weighted by Crippen LogP contribution is 2.22. The van der Waals surface area contributed by atoms with Crippen molar-refractivity contribution < 1.29 is 12.8 Å². The molecule has 3 aromatic rings. The van der Waals surface area contributed by atoms with Gasteiger partial charge in [-0.25, -0.2) is 14.4 Å². The molecule has 30 heavy (non-hydrogen) atoms. The number of aryl methyl sites for hydroxylation is 1. The molecule has 4 rings (SSSR count). The van der Waals surface area contributed by atoms with Crippen LogP contribution in [0.2, 0.25) is 0 Å². The summed E-state index contributed by atoms with van der Waals surface area (Å²) >= 11 is 1.30. The third kappa shape index (κ3) is 4.61. The van der Waals surface area contributed by atoms with Gasteiger partial charge in [-0.15, -0.1) is 11.3 Å². The first kappa shape index (κ1) is 20.7. The average Bonchev–Trinajstić information content (AvgIpc) is 3.17. The van der Waals surface area contributed by atoms with E-state index < -0.39 is 10.0 Å². The first-order chi connectivity index (χ1) is 14.4. The van der Waals surface area contributed by atoms with Crippen molar-refractivity contribution in [2.24, 2.45) is 0 Å². The van der Waals surface area contributed by atoms with Gasteiger partial charge >= 0.3 is 0 Å². The van der Waals surface area contributed by atoms with Gasteiger partial charge in [0.1, 0.15) is 5.82 Å². The lowest BCUT2D eigenvalue weighted by atomic mass is 10.0. The lowest BCUT2D eigenvalue weighted by Gasteiger charge is -2.31. The molecule has 2 aromatic heterocycles. The van der Waals surface area contributed by atoms with Crippen LogP contribution in [0, 0.1) is 12.7 Å². The zero-order chi connectivity index (χ0) is 21.1. The molecule has 1 aromatic carbocycles. The molecule has 0 spiro atoms. The van der Waals surface area contributed by atoms with Crippen LogP contribution in [0.15, 0.2) is 46.2 Å². The SMILES string of the molecule is Cc1nc(S(=O)(=O)Nc2cscn2)ccc1NCc1cccc(F)c1CN1CCC1. The van der Waals surface area contributed by atoms with Gasteiger partial charge in [-0.05, 0) is 50.2 Å². The third-order valence-electron chi connectivity index (χ3n) is 5.02. The fourth-order valence-corrected chi connectivity index (χ4v) is 4.78. The van der Waals surface area contributed by atoms with E-state index in [2.05, 4.69) is 24.9 Å². The molecule has 1 fully saturated rings. The van der Waals surface area contributed by atoms with E-state index in [0.29, 0.717) is 30.0 Å². The van der Waals surface area contributed by atoms with E-state index in [0.717, 1.165) is 25.1 Å². The third-order valence-corrected chi connectivity index (χ3v) is 6.86. The van der Waals surface area contributed by atoms with Crippen molar-refractivity contribution in [2.75, 3.05) is 23.1 Å². The van der Waals surface area contributed by atoms with Gasteiger partial charge in [0.2, 0.25) is 0 Å². The normalized spacial score (nSPS) is 14.3. The van der Waals surface area contributed by atoms with E-state index in [1.807, 2.05) is 6.07 Å². The second-order valence-electron chi connectivity index (χ2n) is 7.12. The number of halogens is 1. The van der Waals surface area contributed by atoms with Gasteiger partial charge in [-0.2, -0.15) is 8.42 Å². The van der Waals surface area contributed by atoms with Crippen molar-refractivity contribution in [2.45, 2.75) is 31.5 Å². The fourth-order valence-electron chi connectivity index (χ4n) is 3.23. The average molecular weight is 448 g/mol. The topological polar surface area (TPSA) is 87.2 Å². The Labute approximate surface area is 179 Å². The highest BCUT2D eigenvalue weighted by atomic mass is 32.2. The number of benzene rings is 1. The number of nitrogens with zero attached hydrogens (tertiary/aromatic N) is 3. The predicted octanol–water partition coefficient (Wildman–Crippen LogP) is 3.60. The molecule has 0 bridgehead atoms. The van der Waals surface area contributed by atoms with Crippen molar-refractivity contribution in [3.05, 3.63) is 63.9 Å². The monoisotopic (exact) mass is 447 g/mol. The van der Waals surface area contributed by atoms with Crippen molar-refractivity contribution in [1.82, 2.24) is 14.9 Å². The second kappa shape index (κ2) is 8.66. The van der Waals surface area contributed by atoms with Gasteiger partial charge in [0.25, 0.3) is 10.0 Å². The van der Waals surface area contributed by atoms with Crippen LogP contribution in [0.5, 0.6) is 0 Å². The molecule has 10 heteroatoms.